The summed E-state index contributed by atoms with van der Waals surface area (Å²) in [5.74, 6) is -0.610. The van der Waals surface area contributed by atoms with E-state index in [0.29, 0.717) is 28.5 Å². The molecule has 0 unspecified atom stereocenters. The molecule has 2 aromatic rings. The fourth-order valence-electron chi connectivity index (χ4n) is 3.04. The Morgan fingerprint density at radius 3 is 2.63 bits per heavy atom. The number of allylic oxidation sites excluding steroid dienone is 1. The van der Waals surface area contributed by atoms with Crippen molar-refractivity contribution in [3.05, 3.63) is 65.0 Å². The van der Waals surface area contributed by atoms with Gasteiger partial charge in [-0.2, -0.15) is 0 Å². The van der Waals surface area contributed by atoms with Crippen molar-refractivity contribution < 1.29 is 19.4 Å². The van der Waals surface area contributed by atoms with Gasteiger partial charge in [0.05, 0.1) is 18.5 Å². The fourth-order valence-corrected chi connectivity index (χ4v) is 3.04. The molecule has 0 saturated carbocycles. The van der Waals surface area contributed by atoms with Crippen molar-refractivity contribution in [3.63, 3.8) is 0 Å². The van der Waals surface area contributed by atoms with Crippen molar-refractivity contribution in [1.29, 1.82) is 0 Å². The maximum Gasteiger partial charge on any atom is 0.354 e. The summed E-state index contributed by atoms with van der Waals surface area (Å²) >= 11 is 0. The van der Waals surface area contributed by atoms with Gasteiger partial charge in [0.2, 0.25) is 0 Å². The molecule has 30 heavy (non-hydrogen) atoms. The summed E-state index contributed by atoms with van der Waals surface area (Å²) in [4.78, 5) is 27.4. The number of methoxy groups -OCH3 is 1. The Morgan fingerprint density at radius 1 is 1.23 bits per heavy atom. The van der Waals surface area contributed by atoms with Crippen LogP contribution in [0.3, 0.4) is 0 Å². The minimum absolute atomic E-state index is 0.0359. The summed E-state index contributed by atoms with van der Waals surface area (Å²) in [6.07, 6.45) is 3.08. The molecule has 1 aliphatic heterocycles. The molecule has 0 radical (unpaired) electrons. The second kappa shape index (κ2) is 8.43. The second-order valence-electron chi connectivity index (χ2n) is 6.42. The Bertz CT molecular complexity index is 1080. The molecular formula is C20H22N6O4. The number of pyridine rings is 1. The highest BCUT2D eigenvalue weighted by Crippen LogP contribution is 2.38. The van der Waals surface area contributed by atoms with Crippen molar-refractivity contribution in [1.82, 2.24) is 21.2 Å². The number of ether oxygens (including phenoxy) is 1. The zero-order chi connectivity index (χ0) is 21.8. The maximum absolute atomic E-state index is 12.2. The molecule has 0 spiro atoms. The summed E-state index contributed by atoms with van der Waals surface area (Å²) in [6.45, 7) is 1.80. The van der Waals surface area contributed by atoms with Crippen LogP contribution < -0.4 is 32.0 Å². The third-order valence-electron chi connectivity index (χ3n) is 4.46. The van der Waals surface area contributed by atoms with Gasteiger partial charge in [0.25, 0.3) is 5.91 Å². The van der Waals surface area contributed by atoms with Gasteiger partial charge in [0, 0.05) is 30.4 Å². The quantitative estimate of drug-likeness (QED) is 0.410. The normalized spacial score (nSPS) is 13.0. The number of hydrazine groups is 1. The Morgan fingerprint density at radius 2 is 2.00 bits per heavy atom. The first-order chi connectivity index (χ1) is 14.3. The van der Waals surface area contributed by atoms with E-state index in [1.807, 2.05) is 12.1 Å². The first-order valence-corrected chi connectivity index (χ1v) is 8.95. The summed E-state index contributed by atoms with van der Waals surface area (Å²) in [6, 6.07) is 6.95. The predicted molar refractivity (Wildman–Crippen MR) is 111 cm³/mol. The lowest BCUT2D eigenvalue weighted by atomic mass is 10.00. The van der Waals surface area contributed by atoms with Gasteiger partial charge in [-0.05, 0) is 24.6 Å². The lowest BCUT2D eigenvalue weighted by Crippen LogP contribution is -2.43. The largest absolute Gasteiger partial charge is 0.494 e. The molecule has 3 rings (SSSR count). The fraction of sp³-hybridized carbons (Fsp3) is 0.150. The first kappa shape index (κ1) is 20.5. The highest BCUT2D eigenvalue weighted by atomic mass is 16.5. The Kier molecular flexibility index (Phi) is 5.77. The monoisotopic (exact) mass is 410 g/mol. The Labute approximate surface area is 172 Å². The molecule has 1 aromatic heterocycles. The van der Waals surface area contributed by atoms with Crippen LogP contribution in [0.15, 0.2) is 53.8 Å². The molecule has 0 aliphatic carbocycles. The van der Waals surface area contributed by atoms with Crippen molar-refractivity contribution in [2.45, 2.75) is 6.92 Å². The number of hydrogen-bond donors (Lipinski definition) is 6. The summed E-state index contributed by atoms with van der Waals surface area (Å²) in [7, 11) is 3.05. The molecule has 156 valence electrons. The standard InChI is InChI=1S/C20H22N6O4/c1-10-7-15(20(28)29)23-9-12(10)11-5-4-6-13(18(11)30-3)24-14-8-16(21)25-26-17(14)19(27)22-2/h4-9,24-26H,21H2,1-3H3,(H,22,27)(H,28,29). The van der Waals surface area contributed by atoms with Crippen LogP contribution in [0.2, 0.25) is 0 Å². The highest BCUT2D eigenvalue weighted by Gasteiger charge is 2.20. The zero-order valence-electron chi connectivity index (χ0n) is 16.7. The van der Waals surface area contributed by atoms with Crippen LogP contribution in [0.25, 0.3) is 11.1 Å². The molecule has 10 nitrogen and oxygen atoms in total. The van der Waals surface area contributed by atoms with Crippen LogP contribution in [-0.4, -0.2) is 36.1 Å². The van der Waals surface area contributed by atoms with Gasteiger partial charge < -0.3 is 26.2 Å². The number of carboxylic acid groups (broad SMARTS) is 1. The van der Waals surface area contributed by atoms with E-state index in [1.165, 1.54) is 26.4 Å². The van der Waals surface area contributed by atoms with E-state index < -0.39 is 5.97 Å². The number of carboxylic acids is 1. The Balaban J connectivity index is 2.07. The number of carbonyl (C=O) groups is 2. The van der Waals surface area contributed by atoms with E-state index in [9.17, 15) is 9.59 Å². The van der Waals surface area contributed by atoms with E-state index >= 15 is 0 Å². The maximum atomic E-state index is 12.2. The van der Waals surface area contributed by atoms with Crippen LogP contribution in [0.5, 0.6) is 5.75 Å². The first-order valence-electron chi connectivity index (χ1n) is 8.95. The number of anilines is 1. The topological polar surface area (TPSA) is 151 Å². The van der Waals surface area contributed by atoms with Gasteiger partial charge in [-0.15, -0.1) is 0 Å². The molecule has 1 amide bonds. The molecule has 7 N–H and O–H groups in total. The van der Waals surface area contributed by atoms with Gasteiger partial charge in [-0.1, -0.05) is 12.1 Å². The van der Waals surface area contributed by atoms with Gasteiger partial charge in [0.1, 0.15) is 23.0 Å². The molecule has 0 bridgehead atoms. The minimum Gasteiger partial charge on any atom is -0.494 e. The number of aromatic nitrogens is 1. The molecule has 0 atom stereocenters. The summed E-state index contributed by atoms with van der Waals surface area (Å²) in [5, 5.41) is 14.9. The number of carbonyl (C=O) groups excluding carboxylic acids is 1. The molecule has 1 aliphatic rings. The third kappa shape index (κ3) is 3.97. The van der Waals surface area contributed by atoms with E-state index in [-0.39, 0.29) is 17.3 Å². The van der Waals surface area contributed by atoms with Crippen LogP contribution in [0.1, 0.15) is 16.1 Å². The molecule has 0 saturated heterocycles. The lowest BCUT2D eigenvalue weighted by Gasteiger charge is -2.23. The number of likely N-dealkylation sites (N-methyl/N-ethyl adjacent to an activating group) is 1. The number of nitrogens with two attached hydrogens (primary N) is 1. The van der Waals surface area contributed by atoms with Gasteiger partial charge >= 0.3 is 5.97 Å². The second-order valence-corrected chi connectivity index (χ2v) is 6.42. The van der Waals surface area contributed by atoms with Gasteiger partial charge in [-0.25, -0.2) is 9.78 Å². The SMILES string of the molecule is CNC(=O)C1=C(Nc2cccc(-c3cnc(C(=O)O)cc3C)c2OC)C=C(N)NN1. The van der Waals surface area contributed by atoms with Crippen molar-refractivity contribution in [2.24, 2.45) is 5.73 Å². The number of para-hydroxylation sites is 1. The number of rotatable bonds is 6. The molecular weight excluding hydrogens is 388 g/mol. The number of aromatic carboxylic acids is 1. The highest BCUT2D eigenvalue weighted by molar-refractivity contribution is 5.95. The summed E-state index contributed by atoms with van der Waals surface area (Å²) < 4.78 is 5.64. The van der Waals surface area contributed by atoms with Gasteiger partial charge in [0.15, 0.2) is 0 Å². The van der Waals surface area contributed by atoms with Gasteiger partial charge in [-0.3, -0.25) is 15.6 Å². The zero-order valence-corrected chi connectivity index (χ0v) is 16.7. The van der Waals surface area contributed by atoms with E-state index in [0.717, 1.165) is 11.1 Å². The molecule has 1 aromatic carbocycles. The Hall–Kier alpha value is -4.21. The lowest BCUT2D eigenvalue weighted by molar-refractivity contribution is -0.117. The van der Waals surface area contributed by atoms with E-state index in [2.05, 4.69) is 26.5 Å². The predicted octanol–water partition coefficient (Wildman–Crippen LogP) is 1.04. The third-order valence-corrected chi connectivity index (χ3v) is 4.46. The summed E-state index contributed by atoms with van der Waals surface area (Å²) in [5.41, 5.74) is 14.7. The van der Waals surface area contributed by atoms with E-state index in [4.69, 9.17) is 15.6 Å². The number of hydrogen-bond acceptors (Lipinski definition) is 8. The molecule has 10 heteroatoms. The van der Waals surface area contributed by atoms with E-state index in [1.54, 1.807) is 19.1 Å². The molecule has 0 fully saturated rings. The smallest absolute Gasteiger partial charge is 0.354 e. The van der Waals surface area contributed by atoms with Crippen LogP contribution in [0.4, 0.5) is 5.69 Å². The average molecular weight is 410 g/mol. The number of aryl methyl sites for hydroxylation is 1. The van der Waals surface area contributed by atoms with Crippen LogP contribution in [0, 0.1) is 6.92 Å². The van der Waals surface area contributed by atoms with Crippen molar-refractivity contribution in [2.75, 3.05) is 19.5 Å². The van der Waals surface area contributed by atoms with Crippen molar-refractivity contribution >= 4 is 17.6 Å². The minimum atomic E-state index is -1.09. The molecule has 2 heterocycles. The van der Waals surface area contributed by atoms with Crippen LogP contribution >= 0.6 is 0 Å². The number of nitrogens with one attached hydrogen (secondary N) is 4. The number of benzene rings is 1. The number of nitrogens with zero attached hydrogens (tertiary/aromatic N) is 1. The average Bonchev–Trinajstić information content (AvgIpc) is 2.73. The number of amides is 1. The van der Waals surface area contributed by atoms with Crippen molar-refractivity contribution in [3.8, 4) is 16.9 Å². The van der Waals surface area contributed by atoms with Crippen LogP contribution in [-0.2, 0) is 4.79 Å².